The quantitative estimate of drug-likeness (QED) is 0.456. The predicted octanol–water partition coefficient (Wildman–Crippen LogP) is 2.79. The molecular formula is C14H22F2N2O. The first-order chi connectivity index (χ1) is 8.95. The summed E-state index contributed by atoms with van der Waals surface area (Å²) in [6, 6.07) is 4.11. The Morgan fingerprint density at radius 2 is 1.79 bits per heavy atom. The van der Waals surface area contributed by atoms with Crippen LogP contribution >= 0.6 is 0 Å². The smallest absolute Gasteiger partial charge is 0.261 e. The van der Waals surface area contributed by atoms with Crippen molar-refractivity contribution in [2.24, 2.45) is 5.84 Å². The number of aryl methyl sites for hydroxylation is 3. The van der Waals surface area contributed by atoms with Crippen LogP contribution in [0.3, 0.4) is 0 Å². The maximum Gasteiger partial charge on any atom is 0.261 e. The minimum Gasteiger partial charge on any atom is -0.375 e. The first kappa shape index (κ1) is 16.0. The normalized spacial score (nSPS) is 13.0. The van der Waals surface area contributed by atoms with Crippen molar-refractivity contribution in [2.75, 3.05) is 13.2 Å². The molecule has 0 aliphatic rings. The third-order valence-electron chi connectivity index (χ3n) is 3.25. The third-order valence-corrected chi connectivity index (χ3v) is 3.25. The van der Waals surface area contributed by atoms with E-state index in [1.165, 1.54) is 11.1 Å². The molecule has 0 heterocycles. The SMILES string of the molecule is Cc1cc(C)c(C(CCOCC(F)F)NN)cc1C. The van der Waals surface area contributed by atoms with Crippen LogP contribution in [-0.4, -0.2) is 19.6 Å². The fraction of sp³-hybridized carbons (Fsp3) is 0.571. The Kier molecular flexibility index (Phi) is 6.34. The van der Waals surface area contributed by atoms with Gasteiger partial charge in [-0.3, -0.25) is 11.3 Å². The second-order valence-corrected chi connectivity index (χ2v) is 4.77. The maximum absolute atomic E-state index is 12.0. The molecule has 3 N–H and O–H groups in total. The molecule has 0 saturated heterocycles. The second-order valence-electron chi connectivity index (χ2n) is 4.77. The molecule has 1 rings (SSSR count). The number of alkyl halides is 2. The fourth-order valence-electron chi connectivity index (χ4n) is 2.06. The Bertz CT molecular complexity index is 411. The molecule has 1 atom stereocenters. The molecule has 0 amide bonds. The van der Waals surface area contributed by atoms with Gasteiger partial charge in [-0.1, -0.05) is 12.1 Å². The number of hydrogen-bond donors (Lipinski definition) is 2. The highest BCUT2D eigenvalue weighted by molar-refractivity contribution is 5.38. The van der Waals surface area contributed by atoms with Crippen molar-refractivity contribution in [3.8, 4) is 0 Å². The van der Waals surface area contributed by atoms with Gasteiger partial charge in [-0.15, -0.1) is 0 Å². The molecular weight excluding hydrogens is 250 g/mol. The zero-order chi connectivity index (χ0) is 14.4. The average Bonchev–Trinajstić information content (AvgIpc) is 2.34. The van der Waals surface area contributed by atoms with E-state index in [2.05, 4.69) is 24.5 Å². The van der Waals surface area contributed by atoms with Crippen LogP contribution < -0.4 is 11.3 Å². The van der Waals surface area contributed by atoms with Crippen LogP contribution in [0, 0.1) is 20.8 Å². The maximum atomic E-state index is 12.0. The van der Waals surface area contributed by atoms with Gasteiger partial charge in [0, 0.05) is 12.6 Å². The molecule has 0 aromatic heterocycles. The van der Waals surface area contributed by atoms with E-state index in [0.717, 1.165) is 11.1 Å². The summed E-state index contributed by atoms with van der Waals surface area (Å²) in [5.74, 6) is 5.55. The zero-order valence-electron chi connectivity index (χ0n) is 11.7. The summed E-state index contributed by atoms with van der Waals surface area (Å²) in [6.07, 6.45) is -1.86. The van der Waals surface area contributed by atoms with Gasteiger partial charge in [0.2, 0.25) is 0 Å². The second kappa shape index (κ2) is 7.53. The molecule has 0 aliphatic heterocycles. The largest absolute Gasteiger partial charge is 0.375 e. The van der Waals surface area contributed by atoms with Gasteiger partial charge in [0.25, 0.3) is 6.43 Å². The van der Waals surface area contributed by atoms with E-state index in [1.54, 1.807) is 0 Å². The highest BCUT2D eigenvalue weighted by Gasteiger charge is 2.14. The lowest BCUT2D eigenvalue weighted by atomic mass is 9.94. The zero-order valence-corrected chi connectivity index (χ0v) is 11.7. The number of halogens is 2. The summed E-state index contributed by atoms with van der Waals surface area (Å²) in [7, 11) is 0. The molecule has 0 bridgehead atoms. The summed E-state index contributed by atoms with van der Waals surface area (Å²) in [5, 5.41) is 0. The van der Waals surface area contributed by atoms with Crippen molar-refractivity contribution in [1.29, 1.82) is 0 Å². The van der Waals surface area contributed by atoms with Gasteiger partial charge >= 0.3 is 0 Å². The Balaban J connectivity index is 2.67. The van der Waals surface area contributed by atoms with Crippen LogP contribution in [0.2, 0.25) is 0 Å². The number of nitrogens with two attached hydrogens (primary N) is 1. The Morgan fingerprint density at radius 3 is 2.37 bits per heavy atom. The van der Waals surface area contributed by atoms with E-state index in [4.69, 9.17) is 10.6 Å². The molecule has 0 saturated carbocycles. The van der Waals surface area contributed by atoms with E-state index in [9.17, 15) is 8.78 Å². The molecule has 0 aliphatic carbocycles. The number of ether oxygens (including phenoxy) is 1. The first-order valence-corrected chi connectivity index (χ1v) is 6.35. The molecule has 1 aromatic carbocycles. The molecule has 1 aromatic rings. The number of nitrogens with one attached hydrogen (secondary N) is 1. The van der Waals surface area contributed by atoms with Gasteiger partial charge in [0.15, 0.2) is 0 Å². The van der Waals surface area contributed by atoms with Gasteiger partial charge in [0.1, 0.15) is 6.61 Å². The molecule has 0 radical (unpaired) electrons. The van der Waals surface area contributed by atoms with Gasteiger partial charge in [-0.25, -0.2) is 8.78 Å². The molecule has 19 heavy (non-hydrogen) atoms. The number of rotatable bonds is 7. The fourth-order valence-corrected chi connectivity index (χ4v) is 2.06. The van der Waals surface area contributed by atoms with Crippen LogP contribution in [-0.2, 0) is 4.74 Å². The minimum atomic E-state index is -2.42. The molecule has 0 fully saturated rings. The molecule has 0 spiro atoms. The monoisotopic (exact) mass is 272 g/mol. The minimum absolute atomic E-state index is 0.0861. The van der Waals surface area contributed by atoms with Crippen molar-refractivity contribution in [2.45, 2.75) is 39.7 Å². The van der Waals surface area contributed by atoms with Crippen molar-refractivity contribution in [1.82, 2.24) is 5.43 Å². The lowest BCUT2D eigenvalue weighted by Gasteiger charge is -2.20. The summed E-state index contributed by atoms with van der Waals surface area (Å²) < 4.78 is 28.8. The van der Waals surface area contributed by atoms with Gasteiger partial charge in [-0.2, -0.15) is 0 Å². The first-order valence-electron chi connectivity index (χ1n) is 6.35. The molecule has 3 nitrogen and oxygen atoms in total. The summed E-state index contributed by atoms with van der Waals surface area (Å²) in [4.78, 5) is 0. The lowest BCUT2D eigenvalue weighted by Crippen LogP contribution is -2.29. The van der Waals surface area contributed by atoms with E-state index in [1.807, 2.05) is 13.8 Å². The van der Waals surface area contributed by atoms with E-state index >= 15 is 0 Å². The summed E-state index contributed by atoms with van der Waals surface area (Å²) in [6.45, 7) is 5.85. The highest BCUT2D eigenvalue weighted by atomic mass is 19.3. The van der Waals surface area contributed by atoms with Crippen LogP contribution in [0.1, 0.15) is 34.7 Å². The predicted molar refractivity (Wildman–Crippen MR) is 72.2 cm³/mol. The molecule has 108 valence electrons. The summed E-state index contributed by atoms with van der Waals surface area (Å²) in [5.41, 5.74) is 7.37. The standard InChI is InChI=1S/C14H22F2N2O/c1-9-6-11(3)12(7-10(9)2)13(18-17)4-5-19-8-14(15)16/h6-7,13-14,18H,4-5,8,17H2,1-3H3. The molecule has 1 unspecified atom stereocenters. The van der Waals surface area contributed by atoms with Crippen LogP contribution in [0.15, 0.2) is 12.1 Å². The lowest BCUT2D eigenvalue weighted by molar-refractivity contribution is 0.0143. The Labute approximate surface area is 113 Å². The van der Waals surface area contributed by atoms with E-state index in [0.29, 0.717) is 6.42 Å². The van der Waals surface area contributed by atoms with E-state index in [-0.39, 0.29) is 12.6 Å². The van der Waals surface area contributed by atoms with Crippen molar-refractivity contribution in [3.63, 3.8) is 0 Å². The summed E-state index contributed by atoms with van der Waals surface area (Å²) >= 11 is 0. The Morgan fingerprint density at radius 1 is 1.16 bits per heavy atom. The van der Waals surface area contributed by atoms with Crippen LogP contribution in [0.4, 0.5) is 8.78 Å². The Hall–Kier alpha value is -1.04. The highest BCUT2D eigenvalue weighted by Crippen LogP contribution is 2.23. The van der Waals surface area contributed by atoms with E-state index < -0.39 is 13.0 Å². The van der Waals surface area contributed by atoms with Crippen molar-refractivity contribution < 1.29 is 13.5 Å². The van der Waals surface area contributed by atoms with Gasteiger partial charge in [0.05, 0.1) is 0 Å². The van der Waals surface area contributed by atoms with Crippen molar-refractivity contribution >= 4 is 0 Å². The topological polar surface area (TPSA) is 47.3 Å². The average molecular weight is 272 g/mol. The van der Waals surface area contributed by atoms with Crippen molar-refractivity contribution in [3.05, 3.63) is 34.4 Å². The number of hydrogen-bond acceptors (Lipinski definition) is 3. The van der Waals surface area contributed by atoms with Crippen LogP contribution in [0.25, 0.3) is 0 Å². The van der Waals surface area contributed by atoms with Crippen LogP contribution in [0.5, 0.6) is 0 Å². The molecule has 5 heteroatoms. The number of benzene rings is 1. The third kappa shape index (κ3) is 4.86. The number of hydrazine groups is 1. The van der Waals surface area contributed by atoms with Gasteiger partial charge in [-0.05, 0) is 49.4 Å². The van der Waals surface area contributed by atoms with Gasteiger partial charge < -0.3 is 4.74 Å².